The molecule has 0 radical (unpaired) electrons. The lowest BCUT2D eigenvalue weighted by atomic mass is 10.0. The maximum atomic E-state index is 13.2. The number of hydrogen-bond donors (Lipinski definition) is 2. The van der Waals surface area contributed by atoms with Gasteiger partial charge < -0.3 is 10.6 Å². The monoisotopic (exact) mass is 490 g/mol. The fourth-order valence-corrected chi connectivity index (χ4v) is 2.39. The van der Waals surface area contributed by atoms with E-state index >= 15 is 0 Å². The van der Waals surface area contributed by atoms with Crippen molar-refractivity contribution in [3.05, 3.63) is 84.5 Å². The molecule has 0 heterocycles. The van der Waals surface area contributed by atoms with Crippen molar-refractivity contribution in [3.8, 4) is 0 Å². The molecular weight excluding hydrogens is 446 g/mol. The molecule has 0 saturated carbocycles. The van der Waals surface area contributed by atoms with Crippen LogP contribution in [0.15, 0.2) is 67.5 Å². The summed E-state index contributed by atoms with van der Waals surface area (Å²) in [6.07, 6.45) is 1.70. The third kappa shape index (κ3) is 15.3. The lowest BCUT2D eigenvalue weighted by molar-refractivity contribution is -0.114. The topological polar surface area (TPSA) is 58.2 Å². The van der Waals surface area contributed by atoms with Gasteiger partial charge in [-0.05, 0) is 48.2 Å². The normalized spacial score (nSPS) is 8.69. The van der Waals surface area contributed by atoms with E-state index in [1.165, 1.54) is 6.07 Å². The van der Waals surface area contributed by atoms with Gasteiger partial charge in [-0.3, -0.25) is 9.59 Å². The van der Waals surface area contributed by atoms with Crippen LogP contribution in [0.25, 0.3) is 0 Å². The molecular formula is C29H44F2N2O2. The van der Waals surface area contributed by atoms with Gasteiger partial charge in [0.1, 0.15) is 5.82 Å². The molecule has 196 valence electrons. The molecule has 0 spiro atoms. The van der Waals surface area contributed by atoms with Crippen LogP contribution in [0.4, 0.5) is 20.2 Å². The number of carbonyl (C=O) groups excluding carboxylic acids is 2. The zero-order valence-corrected chi connectivity index (χ0v) is 22.9. The largest absolute Gasteiger partial charge is 0.322 e. The number of rotatable bonds is 6. The van der Waals surface area contributed by atoms with Crippen LogP contribution in [0.1, 0.15) is 79.4 Å². The molecule has 0 saturated heterocycles. The van der Waals surface area contributed by atoms with Crippen molar-refractivity contribution in [1.29, 1.82) is 0 Å². The summed E-state index contributed by atoms with van der Waals surface area (Å²) in [7, 11) is 0. The standard InChI is InChI=1S/C12H14FNO.C11H12FNO.3C2H6/c1-8(2)10-5-4-6-11(7-10)14-12(15)9(3)13;1-3-8-9(12)6-5-7-10(8)13-11(14)4-2;3*1-2/h4-8H,3H2,1-2H3,(H,14,15);4-7H,2-3H2,1H3,(H,13,14);3*1-2H3. The van der Waals surface area contributed by atoms with Crippen molar-refractivity contribution < 1.29 is 18.4 Å². The number of anilines is 2. The second kappa shape index (κ2) is 22.5. The lowest BCUT2D eigenvalue weighted by Gasteiger charge is -2.08. The van der Waals surface area contributed by atoms with Gasteiger partial charge in [0, 0.05) is 16.9 Å². The Morgan fingerprint density at radius 1 is 0.971 bits per heavy atom. The minimum Gasteiger partial charge on any atom is -0.322 e. The maximum absolute atomic E-state index is 13.2. The Morgan fingerprint density at radius 2 is 1.51 bits per heavy atom. The quantitative estimate of drug-likeness (QED) is 0.397. The van der Waals surface area contributed by atoms with Crippen LogP contribution in [0.3, 0.4) is 0 Å². The molecule has 2 aromatic carbocycles. The highest BCUT2D eigenvalue weighted by molar-refractivity contribution is 6.01. The third-order valence-corrected chi connectivity index (χ3v) is 3.97. The number of carbonyl (C=O) groups is 2. The van der Waals surface area contributed by atoms with E-state index in [4.69, 9.17) is 0 Å². The predicted molar refractivity (Wildman–Crippen MR) is 148 cm³/mol. The van der Waals surface area contributed by atoms with Gasteiger partial charge in [0.05, 0.1) is 0 Å². The first-order chi connectivity index (χ1) is 16.7. The average molecular weight is 491 g/mol. The smallest absolute Gasteiger partial charge is 0.283 e. The zero-order valence-electron chi connectivity index (χ0n) is 22.9. The molecule has 0 fully saturated rings. The molecule has 0 aliphatic heterocycles. The summed E-state index contributed by atoms with van der Waals surface area (Å²) in [6, 6.07) is 11.9. The van der Waals surface area contributed by atoms with Crippen LogP contribution >= 0.6 is 0 Å². The van der Waals surface area contributed by atoms with Crippen LogP contribution in [0.5, 0.6) is 0 Å². The van der Waals surface area contributed by atoms with Crippen molar-refractivity contribution in [1.82, 2.24) is 0 Å². The summed E-state index contributed by atoms with van der Waals surface area (Å²) in [5.74, 6) is -2.03. The van der Waals surface area contributed by atoms with E-state index in [-0.39, 0.29) is 11.7 Å². The molecule has 2 N–H and O–H groups in total. The molecule has 0 aliphatic rings. The maximum Gasteiger partial charge on any atom is 0.283 e. The van der Waals surface area contributed by atoms with Crippen molar-refractivity contribution >= 4 is 23.2 Å². The number of benzene rings is 2. The van der Waals surface area contributed by atoms with Crippen molar-refractivity contribution in [2.24, 2.45) is 0 Å². The molecule has 6 heteroatoms. The molecule has 0 aromatic heterocycles. The van der Waals surface area contributed by atoms with Crippen molar-refractivity contribution in [3.63, 3.8) is 0 Å². The lowest BCUT2D eigenvalue weighted by Crippen LogP contribution is -2.11. The minimum absolute atomic E-state index is 0.297. The minimum atomic E-state index is -0.982. The van der Waals surface area contributed by atoms with Crippen LogP contribution in [-0.2, 0) is 16.0 Å². The Bertz CT molecular complexity index is 894. The predicted octanol–water partition coefficient (Wildman–Crippen LogP) is 8.82. The van der Waals surface area contributed by atoms with E-state index in [0.717, 1.165) is 11.6 Å². The zero-order chi connectivity index (χ0) is 28.0. The Morgan fingerprint density at radius 3 is 1.97 bits per heavy atom. The van der Waals surface area contributed by atoms with E-state index in [0.29, 0.717) is 29.3 Å². The summed E-state index contributed by atoms with van der Waals surface area (Å²) in [4.78, 5) is 22.0. The number of hydrogen-bond acceptors (Lipinski definition) is 2. The van der Waals surface area contributed by atoms with Crippen LogP contribution in [0, 0.1) is 5.82 Å². The molecule has 0 atom stereocenters. The van der Waals surface area contributed by atoms with Gasteiger partial charge in [-0.15, -0.1) is 0 Å². The summed E-state index contributed by atoms with van der Waals surface area (Å²) in [5.41, 5.74) is 2.71. The van der Waals surface area contributed by atoms with E-state index in [2.05, 4.69) is 37.6 Å². The molecule has 0 unspecified atom stereocenters. The molecule has 2 rings (SSSR count). The summed E-state index contributed by atoms with van der Waals surface area (Å²) in [5, 5.41) is 4.98. The van der Waals surface area contributed by atoms with E-state index in [9.17, 15) is 18.4 Å². The Balaban J connectivity index is -0.000000482. The van der Waals surface area contributed by atoms with Gasteiger partial charge >= 0.3 is 0 Å². The number of halogens is 2. The first-order valence-electron chi connectivity index (χ1n) is 12.2. The second-order valence-electron chi connectivity index (χ2n) is 6.45. The molecule has 35 heavy (non-hydrogen) atoms. The fraction of sp³-hybridized carbons (Fsp3) is 0.379. The first-order valence-corrected chi connectivity index (χ1v) is 12.2. The van der Waals surface area contributed by atoms with Gasteiger partial charge in [-0.25, -0.2) is 8.78 Å². The third-order valence-electron chi connectivity index (χ3n) is 3.97. The Kier molecular flexibility index (Phi) is 23.3. The van der Waals surface area contributed by atoms with Gasteiger partial charge in [0.15, 0.2) is 5.83 Å². The Labute approximate surface area is 211 Å². The highest BCUT2D eigenvalue weighted by Gasteiger charge is 2.08. The second-order valence-corrected chi connectivity index (χ2v) is 6.45. The molecule has 2 amide bonds. The van der Waals surface area contributed by atoms with Crippen molar-refractivity contribution in [2.45, 2.75) is 74.7 Å². The van der Waals surface area contributed by atoms with Crippen LogP contribution in [-0.4, -0.2) is 11.8 Å². The van der Waals surface area contributed by atoms with Crippen molar-refractivity contribution in [2.75, 3.05) is 10.6 Å². The van der Waals surface area contributed by atoms with E-state index in [1.54, 1.807) is 18.2 Å². The molecule has 0 bridgehead atoms. The summed E-state index contributed by atoms with van der Waals surface area (Å²) < 4.78 is 25.7. The highest BCUT2D eigenvalue weighted by Crippen LogP contribution is 2.20. The first kappa shape index (κ1) is 36.3. The Hall–Kier alpha value is -3.28. The molecule has 0 aliphatic carbocycles. The SMILES string of the molecule is C=C(F)C(=O)Nc1cccc(C(C)C)c1.C=CC(=O)Nc1cccc(F)c1CC.CC.CC.CC. The van der Waals surface area contributed by atoms with Gasteiger partial charge in [0.25, 0.3) is 5.91 Å². The van der Waals surface area contributed by atoms with Gasteiger partial charge in [-0.1, -0.05) is 93.7 Å². The summed E-state index contributed by atoms with van der Waals surface area (Å²) >= 11 is 0. The van der Waals surface area contributed by atoms with E-state index in [1.807, 2.05) is 66.7 Å². The molecule has 2 aromatic rings. The fourth-order valence-electron chi connectivity index (χ4n) is 2.39. The number of amides is 2. The van der Waals surface area contributed by atoms with Crippen LogP contribution in [0.2, 0.25) is 0 Å². The summed E-state index contributed by atoms with van der Waals surface area (Å²) in [6.45, 7) is 24.2. The number of nitrogens with one attached hydrogen (secondary N) is 2. The molecule has 4 nitrogen and oxygen atoms in total. The van der Waals surface area contributed by atoms with E-state index < -0.39 is 11.7 Å². The van der Waals surface area contributed by atoms with Gasteiger partial charge in [0.2, 0.25) is 5.91 Å². The highest BCUT2D eigenvalue weighted by atomic mass is 19.1. The van der Waals surface area contributed by atoms with Crippen LogP contribution < -0.4 is 10.6 Å². The van der Waals surface area contributed by atoms with Gasteiger partial charge in [-0.2, -0.15) is 0 Å². The average Bonchev–Trinajstić information content (AvgIpc) is 2.88.